The normalized spacial score (nSPS) is 13.4. The first-order valence-corrected chi connectivity index (χ1v) is 11.9. The van der Waals surface area contributed by atoms with Crippen molar-refractivity contribution < 1.29 is 9.59 Å². The molecule has 0 atom stereocenters. The molecule has 5 aromatic rings. The van der Waals surface area contributed by atoms with Gasteiger partial charge in [0, 0.05) is 0 Å². The predicted octanol–water partition coefficient (Wildman–Crippen LogP) is 4.70. The molecule has 0 saturated carbocycles. The fourth-order valence-corrected chi connectivity index (χ4v) is 6.71. The molecule has 3 heterocycles. The van der Waals surface area contributed by atoms with Crippen LogP contribution in [0.3, 0.4) is 0 Å². The van der Waals surface area contributed by atoms with Crippen molar-refractivity contribution in [2.75, 3.05) is 0 Å². The first-order chi connectivity index (χ1) is 14.7. The van der Waals surface area contributed by atoms with Gasteiger partial charge in [-0.2, -0.15) is 0 Å². The molecule has 5 heteroatoms. The molecule has 142 valence electrons. The summed E-state index contributed by atoms with van der Waals surface area (Å²) in [5, 5.41) is 3.05. The van der Waals surface area contributed by atoms with Crippen LogP contribution in [0, 0.1) is 0 Å². The number of ketones is 2. The van der Waals surface area contributed by atoms with Gasteiger partial charge in [-0.25, -0.2) is 0 Å². The Labute approximate surface area is 181 Å². The molecule has 0 N–H and O–H groups in total. The Morgan fingerprint density at radius 3 is 2.30 bits per heavy atom. The van der Waals surface area contributed by atoms with Crippen LogP contribution >= 0.6 is 0 Å². The second-order valence-electron chi connectivity index (χ2n) is 7.26. The Kier molecular flexibility index (Phi) is 3.89. The molecule has 3 aromatic heterocycles. The molecule has 0 aliphatic heterocycles. The summed E-state index contributed by atoms with van der Waals surface area (Å²) < 4.78 is 4.50. The number of hydrogen-bond donors (Lipinski definition) is 0. The van der Waals surface area contributed by atoms with E-state index in [0.717, 1.165) is 25.3 Å². The molecule has 2 aromatic carbocycles. The van der Waals surface area contributed by atoms with Crippen molar-refractivity contribution in [2.24, 2.45) is 0 Å². The molecule has 4 nitrogen and oxygen atoms in total. The van der Waals surface area contributed by atoms with E-state index in [9.17, 15) is 9.59 Å². The van der Waals surface area contributed by atoms with Gasteiger partial charge in [-0.3, -0.25) is 0 Å². The maximum atomic E-state index is 13.0. The standard InChI is InChI=1S/C25H14N2O2Te/c28-24-19-11-15-3-1-2-4-16(15)12-20(19)25(29)21(24)13-18-5-6-23(30-18)27-10-8-17-14-26-9-7-22(17)27/h1-14H. The number of rotatable bonds is 2. The van der Waals surface area contributed by atoms with Crippen molar-refractivity contribution in [1.82, 2.24) is 9.55 Å². The number of aromatic nitrogens is 2. The van der Waals surface area contributed by atoms with E-state index < -0.39 is 20.4 Å². The SMILES string of the molecule is O=C1C(=Cc2ccc(-n3ccc4cnccc43)[te]2)C(=O)c2cc3ccccc3cc21. The van der Waals surface area contributed by atoms with Gasteiger partial charge < -0.3 is 0 Å². The van der Waals surface area contributed by atoms with Crippen LogP contribution in [-0.4, -0.2) is 41.5 Å². The second kappa shape index (κ2) is 6.63. The van der Waals surface area contributed by atoms with E-state index in [-0.39, 0.29) is 17.1 Å². The zero-order valence-corrected chi connectivity index (χ0v) is 18.0. The summed E-state index contributed by atoms with van der Waals surface area (Å²) in [6, 6.07) is 19.7. The fraction of sp³-hybridized carbons (Fsp3) is 0. The molecule has 1 aliphatic rings. The van der Waals surface area contributed by atoms with Crippen molar-refractivity contribution in [2.45, 2.75) is 0 Å². The van der Waals surface area contributed by atoms with Crippen LogP contribution in [0.15, 0.2) is 84.8 Å². The molecular formula is C25H14N2O2Te. The number of pyridine rings is 1. The molecule has 0 amide bonds. The molecule has 1 aliphatic carbocycles. The summed E-state index contributed by atoms with van der Waals surface area (Å²) in [6.45, 7) is 0. The third-order valence-corrected chi connectivity index (χ3v) is 8.44. The molecule has 0 fully saturated rings. The van der Waals surface area contributed by atoms with E-state index in [1.54, 1.807) is 6.20 Å². The van der Waals surface area contributed by atoms with Gasteiger partial charge in [-0.05, 0) is 0 Å². The minimum absolute atomic E-state index is 0.167. The molecule has 0 unspecified atom stereocenters. The van der Waals surface area contributed by atoms with Crippen molar-refractivity contribution in [3.05, 3.63) is 99.5 Å². The zero-order chi connectivity index (χ0) is 20.2. The Morgan fingerprint density at radius 2 is 1.57 bits per heavy atom. The van der Waals surface area contributed by atoms with Crippen LogP contribution in [0.1, 0.15) is 24.3 Å². The van der Waals surface area contributed by atoms with Gasteiger partial charge in [0.05, 0.1) is 0 Å². The number of nitrogens with zero attached hydrogens (tertiary/aromatic N) is 2. The van der Waals surface area contributed by atoms with Gasteiger partial charge >= 0.3 is 182 Å². The predicted molar refractivity (Wildman–Crippen MR) is 119 cm³/mol. The first kappa shape index (κ1) is 17.6. The number of hydrogen-bond acceptors (Lipinski definition) is 3. The summed E-state index contributed by atoms with van der Waals surface area (Å²) in [4.78, 5) is 30.2. The van der Waals surface area contributed by atoms with Gasteiger partial charge in [0.2, 0.25) is 0 Å². The van der Waals surface area contributed by atoms with E-state index >= 15 is 0 Å². The number of fused-ring (bicyclic) bond motifs is 3. The number of allylic oxidation sites excluding steroid dienone is 1. The van der Waals surface area contributed by atoms with E-state index in [1.807, 2.05) is 60.8 Å². The molecule has 0 saturated heterocycles. The van der Waals surface area contributed by atoms with Gasteiger partial charge in [0.1, 0.15) is 0 Å². The average molecular weight is 502 g/mol. The summed E-state index contributed by atoms with van der Waals surface area (Å²) in [5.41, 5.74) is 2.44. The first-order valence-electron chi connectivity index (χ1n) is 9.54. The Bertz CT molecular complexity index is 1480. The average Bonchev–Trinajstić information content (AvgIpc) is 3.47. The van der Waals surface area contributed by atoms with E-state index in [1.165, 1.54) is 3.70 Å². The van der Waals surface area contributed by atoms with E-state index in [0.29, 0.717) is 11.1 Å². The number of benzene rings is 2. The number of carbonyl (C=O) groups excluding carboxylic acids is 2. The topological polar surface area (TPSA) is 52.0 Å². The Balaban J connectivity index is 1.41. The minimum atomic E-state index is -0.709. The Hall–Kier alpha value is -3.26. The van der Waals surface area contributed by atoms with Gasteiger partial charge in [0.15, 0.2) is 0 Å². The van der Waals surface area contributed by atoms with Crippen LogP contribution in [0.4, 0.5) is 0 Å². The van der Waals surface area contributed by atoms with Crippen LogP contribution in [-0.2, 0) is 0 Å². The van der Waals surface area contributed by atoms with E-state index in [2.05, 4.69) is 27.9 Å². The monoisotopic (exact) mass is 504 g/mol. The molecular weight excluding hydrogens is 488 g/mol. The van der Waals surface area contributed by atoms with Crippen molar-refractivity contribution in [3.63, 3.8) is 0 Å². The quantitative estimate of drug-likeness (QED) is 0.200. The zero-order valence-electron chi connectivity index (χ0n) is 15.7. The molecule has 30 heavy (non-hydrogen) atoms. The van der Waals surface area contributed by atoms with Crippen molar-refractivity contribution in [3.8, 4) is 3.70 Å². The second-order valence-corrected chi connectivity index (χ2v) is 10.4. The molecule has 0 spiro atoms. The summed E-state index contributed by atoms with van der Waals surface area (Å²) in [5.74, 6) is -0.333. The fourth-order valence-electron chi connectivity index (χ4n) is 4.01. The van der Waals surface area contributed by atoms with Gasteiger partial charge in [-0.15, -0.1) is 0 Å². The van der Waals surface area contributed by atoms with Crippen LogP contribution in [0.25, 0.3) is 31.5 Å². The summed E-state index contributed by atoms with van der Waals surface area (Å²) >= 11 is -0.709. The Morgan fingerprint density at radius 1 is 0.833 bits per heavy atom. The molecule has 0 radical (unpaired) electrons. The van der Waals surface area contributed by atoms with Crippen LogP contribution in [0.2, 0.25) is 0 Å². The summed E-state index contributed by atoms with van der Waals surface area (Å²) in [7, 11) is 0. The third-order valence-electron chi connectivity index (χ3n) is 5.49. The summed E-state index contributed by atoms with van der Waals surface area (Å²) in [6.07, 6.45) is 7.52. The van der Waals surface area contributed by atoms with Crippen LogP contribution in [0.5, 0.6) is 0 Å². The third kappa shape index (κ3) is 2.64. The van der Waals surface area contributed by atoms with Crippen molar-refractivity contribution in [1.29, 1.82) is 0 Å². The van der Waals surface area contributed by atoms with Crippen LogP contribution < -0.4 is 0 Å². The number of Topliss-reactive ketones (excluding diaryl/α,β-unsaturated/α-hetero) is 2. The van der Waals surface area contributed by atoms with E-state index in [4.69, 9.17) is 0 Å². The molecule has 0 bridgehead atoms. The van der Waals surface area contributed by atoms with Crippen molar-refractivity contribution >= 4 is 59.7 Å². The van der Waals surface area contributed by atoms with Gasteiger partial charge in [-0.1, -0.05) is 0 Å². The number of carbonyl (C=O) groups is 2. The van der Waals surface area contributed by atoms with Gasteiger partial charge in [0.25, 0.3) is 0 Å². The maximum absolute atomic E-state index is 13.0. The molecule has 6 rings (SSSR count).